The number of fused-ring (bicyclic) bond motifs is 1. The second-order valence-corrected chi connectivity index (χ2v) is 3.68. The Kier molecular flexibility index (Phi) is 1.77. The molecular weight excluding hydrogens is 206 g/mol. The van der Waals surface area contributed by atoms with Gasteiger partial charge in [0.1, 0.15) is 5.76 Å². The molecule has 1 aliphatic rings. The molecule has 0 spiro atoms. The predicted molar refractivity (Wildman–Crippen MR) is 46.5 cm³/mol. The normalized spacial score (nSPS) is 22.2. The van der Waals surface area contributed by atoms with Crippen molar-refractivity contribution < 1.29 is 4.42 Å². The number of hydrogen-bond acceptors (Lipinski definition) is 2. The minimum absolute atomic E-state index is 0.528. The molecule has 1 unspecified atom stereocenters. The van der Waals surface area contributed by atoms with Crippen LogP contribution in [0, 0.1) is 0 Å². The summed E-state index contributed by atoms with van der Waals surface area (Å²) in [5.41, 5.74) is 6.91. The molecule has 1 aromatic heterocycles. The van der Waals surface area contributed by atoms with E-state index in [1.54, 1.807) is 0 Å². The fourth-order valence-electron chi connectivity index (χ4n) is 1.66. The Labute approximate surface area is 73.9 Å². The van der Waals surface area contributed by atoms with Crippen LogP contribution < -0.4 is 5.73 Å². The summed E-state index contributed by atoms with van der Waals surface area (Å²) in [5.74, 6) is 1.65. The maximum Gasteiger partial charge on any atom is 0.169 e. The molecule has 2 nitrogen and oxygen atoms in total. The summed E-state index contributed by atoms with van der Waals surface area (Å²) in [5, 5.41) is 0. The zero-order valence-electron chi connectivity index (χ0n) is 6.14. The van der Waals surface area contributed by atoms with E-state index >= 15 is 0 Å². The summed E-state index contributed by atoms with van der Waals surface area (Å²) in [6, 6.07) is 2.04. The van der Waals surface area contributed by atoms with Crippen molar-refractivity contribution >= 4 is 15.9 Å². The number of halogens is 1. The average molecular weight is 216 g/mol. The molecule has 0 fully saturated rings. The van der Waals surface area contributed by atoms with Gasteiger partial charge >= 0.3 is 0 Å². The largest absolute Gasteiger partial charge is 0.454 e. The smallest absolute Gasteiger partial charge is 0.169 e. The minimum atomic E-state index is 0.528. The predicted octanol–water partition coefficient (Wildman–Crippen LogP) is 2.03. The van der Waals surface area contributed by atoms with Crippen LogP contribution in [-0.4, -0.2) is 6.54 Å². The maximum absolute atomic E-state index is 5.60. The number of nitrogens with two attached hydrogens (primary N) is 1. The Hall–Kier alpha value is -0.280. The van der Waals surface area contributed by atoms with E-state index in [0.29, 0.717) is 5.92 Å². The van der Waals surface area contributed by atoms with Gasteiger partial charge in [-0.1, -0.05) is 0 Å². The Bertz CT molecular complexity index is 269. The first-order valence-electron chi connectivity index (χ1n) is 3.79. The van der Waals surface area contributed by atoms with Gasteiger partial charge in [-0.25, -0.2) is 0 Å². The molecule has 0 amide bonds. The molecule has 60 valence electrons. The summed E-state index contributed by atoms with van der Waals surface area (Å²) >= 11 is 3.31. The number of rotatable bonds is 1. The number of hydrogen-bond donors (Lipinski definition) is 1. The topological polar surface area (TPSA) is 39.2 Å². The highest BCUT2D eigenvalue weighted by atomic mass is 79.9. The molecule has 1 atom stereocenters. The van der Waals surface area contributed by atoms with E-state index in [1.165, 1.54) is 5.56 Å². The van der Waals surface area contributed by atoms with E-state index in [4.69, 9.17) is 10.2 Å². The van der Waals surface area contributed by atoms with E-state index in [0.717, 1.165) is 29.8 Å². The fourth-order valence-corrected chi connectivity index (χ4v) is 2.10. The monoisotopic (exact) mass is 215 g/mol. The lowest BCUT2D eigenvalue weighted by atomic mass is 10.1. The van der Waals surface area contributed by atoms with Crippen molar-refractivity contribution in [2.45, 2.75) is 18.8 Å². The molecule has 1 aromatic rings. The molecule has 0 saturated carbocycles. The van der Waals surface area contributed by atoms with Gasteiger partial charge in [-0.15, -0.1) is 0 Å². The molecule has 2 N–H and O–H groups in total. The molecular formula is C8H10BrNO. The third-order valence-corrected chi connectivity index (χ3v) is 2.65. The average Bonchev–Trinajstić information content (AvgIpc) is 2.45. The molecule has 0 aliphatic heterocycles. The lowest BCUT2D eigenvalue weighted by Gasteiger charge is -2.02. The van der Waals surface area contributed by atoms with Gasteiger partial charge in [0, 0.05) is 12.3 Å². The van der Waals surface area contributed by atoms with E-state index in [2.05, 4.69) is 15.9 Å². The van der Waals surface area contributed by atoms with Crippen molar-refractivity contribution in [3.8, 4) is 0 Å². The second kappa shape index (κ2) is 2.64. The Morgan fingerprint density at radius 3 is 3.27 bits per heavy atom. The molecule has 1 heterocycles. The van der Waals surface area contributed by atoms with Crippen LogP contribution in [0.5, 0.6) is 0 Å². The Balaban J connectivity index is 2.37. The highest BCUT2D eigenvalue weighted by molar-refractivity contribution is 9.10. The fraction of sp³-hybridized carbons (Fsp3) is 0.500. The minimum Gasteiger partial charge on any atom is -0.454 e. The molecule has 0 aromatic carbocycles. The van der Waals surface area contributed by atoms with E-state index in [9.17, 15) is 0 Å². The quantitative estimate of drug-likeness (QED) is 0.779. The van der Waals surface area contributed by atoms with E-state index < -0.39 is 0 Å². The van der Waals surface area contributed by atoms with Gasteiger partial charge in [-0.3, -0.25) is 0 Å². The number of aryl methyl sites for hydroxylation is 1. The maximum atomic E-state index is 5.60. The van der Waals surface area contributed by atoms with Gasteiger partial charge in [0.15, 0.2) is 4.67 Å². The van der Waals surface area contributed by atoms with E-state index in [-0.39, 0.29) is 0 Å². The summed E-state index contributed by atoms with van der Waals surface area (Å²) in [4.78, 5) is 0. The van der Waals surface area contributed by atoms with Crippen LogP contribution in [0.1, 0.15) is 23.7 Å². The standard InChI is InChI=1S/C8H10BrNO/c9-8-3-6-5(4-10)1-2-7(6)11-8/h3,5H,1-2,4,10H2. The van der Waals surface area contributed by atoms with Gasteiger partial charge in [-0.2, -0.15) is 0 Å². The second-order valence-electron chi connectivity index (χ2n) is 2.90. The first kappa shape index (κ1) is 7.37. The van der Waals surface area contributed by atoms with Crippen molar-refractivity contribution in [2.24, 2.45) is 5.73 Å². The Morgan fingerprint density at radius 2 is 2.55 bits per heavy atom. The molecule has 3 heteroatoms. The van der Waals surface area contributed by atoms with Crippen LogP contribution in [0.25, 0.3) is 0 Å². The van der Waals surface area contributed by atoms with Crippen LogP contribution >= 0.6 is 15.9 Å². The van der Waals surface area contributed by atoms with Gasteiger partial charge < -0.3 is 10.2 Å². The SMILES string of the molecule is NCC1CCc2oc(Br)cc21. The zero-order valence-corrected chi connectivity index (χ0v) is 7.73. The van der Waals surface area contributed by atoms with Crippen LogP contribution in [0.2, 0.25) is 0 Å². The van der Waals surface area contributed by atoms with Gasteiger partial charge in [-0.05, 0) is 40.5 Å². The summed E-state index contributed by atoms with van der Waals surface area (Å²) in [6.45, 7) is 0.735. The van der Waals surface area contributed by atoms with Crippen molar-refractivity contribution in [2.75, 3.05) is 6.54 Å². The van der Waals surface area contributed by atoms with Crippen molar-refractivity contribution in [3.63, 3.8) is 0 Å². The van der Waals surface area contributed by atoms with Crippen LogP contribution in [-0.2, 0) is 6.42 Å². The van der Waals surface area contributed by atoms with Crippen LogP contribution in [0.4, 0.5) is 0 Å². The highest BCUT2D eigenvalue weighted by Gasteiger charge is 2.24. The van der Waals surface area contributed by atoms with Crippen LogP contribution in [0.15, 0.2) is 15.2 Å². The zero-order chi connectivity index (χ0) is 7.84. The van der Waals surface area contributed by atoms with Crippen molar-refractivity contribution in [3.05, 3.63) is 22.1 Å². The molecule has 0 radical (unpaired) electrons. The first-order valence-corrected chi connectivity index (χ1v) is 4.58. The molecule has 0 saturated heterocycles. The molecule has 11 heavy (non-hydrogen) atoms. The number of furan rings is 1. The van der Waals surface area contributed by atoms with E-state index in [1.807, 2.05) is 6.07 Å². The van der Waals surface area contributed by atoms with Crippen molar-refractivity contribution in [1.29, 1.82) is 0 Å². The van der Waals surface area contributed by atoms with Gasteiger partial charge in [0.25, 0.3) is 0 Å². The summed E-state index contributed by atoms with van der Waals surface area (Å²) in [6.07, 6.45) is 2.20. The van der Waals surface area contributed by atoms with Gasteiger partial charge in [0.2, 0.25) is 0 Å². The highest BCUT2D eigenvalue weighted by Crippen LogP contribution is 2.36. The third kappa shape index (κ3) is 1.12. The molecule has 2 rings (SSSR count). The van der Waals surface area contributed by atoms with Crippen molar-refractivity contribution in [1.82, 2.24) is 0 Å². The molecule has 0 bridgehead atoms. The first-order chi connectivity index (χ1) is 5.31. The molecule has 1 aliphatic carbocycles. The third-order valence-electron chi connectivity index (χ3n) is 2.26. The lowest BCUT2D eigenvalue weighted by molar-refractivity contribution is 0.492. The van der Waals surface area contributed by atoms with Crippen LogP contribution in [0.3, 0.4) is 0 Å². The Morgan fingerprint density at radius 1 is 1.73 bits per heavy atom. The summed E-state index contributed by atoms with van der Waals surface area (Å²) < 4.78 is 6.25. The summed E-state index contributed by atoms with van der Waals surface area (Å²) in [7, 11) is 0. The lowest BCUT2D eigenvalue weighted by Crippen LogP contribution is -2.08. The van der Waals surface area contributed by atoms with Gasteiger partial charge in [0.05, 0.1) is 0 Å².